The van der Waals surface area contributed by atoms with E-state index in [2.05, 4.69) is 20.3 Å². The first-order valence-electron chi connectivity index (χ1n) is 22.6. The molecule has 0 aliphatic heterocycles. The second-order valence-corrected chi connectivity index (χ2v) is 19.7. The molecule has 0 aliphatic rings. The molecule has 1 N–H and O–H groups in total. The monoisotopic (exact) mass is 1120 g/mol. The molecule has 23 heteroatoms. The molecule has 3 aromatic heterocycles. The van der Waals surface area contributed by atoms with Crippen LogP contribution in [0.25, 0.3) is 5.69 Å². The third kappa shape index (κ3) is 16.1. The van der Waals surface area contributed by atoms with Gasteiger partial charge in [0.1, 0.15) is 25.0 Å². The average molecular weight is 1120 g/mol. The van der Waals surface area contributed by atoms with Crippen molar-refractivity contribution in [2.45, 2.75) is 78.2 Å². The molecule has 0 aliphatic carbocycles. The first-order valence-corrected chi connectivity index (χ1v) is 24.5. The number of carbonyl (C=O) groups is 2. The number of carbonyl (C=O) groups excluding carboxylic acids is 2. The Morgan fingerprint density at radius 2 is 1.47 bits per heavy atom. The van der Waals surface area contributed by atoms with E-state index in [-0.39, 0.29) is 24.0 Å². The van der Waals surface area contributed by atoms with Crippen LogP contribution in [0.2, 0.25) is 25.1 Å². The molecule has 0 bridgehead atoms. The average Bonchev–Trinajstić information content (AvgIpc) is 4.15. The van der Waals surface area contributed by atoms with Crippen molar-refractivity contribution in [1.82, 2.24) is 39.4 Å². The number of nitrogens with zero attached hydrogens (tertiary/aromatic N) is 9. The number of hydrogen-bond donors (Lipinski definition) is 1. The zero-order chi connectivity index (χ0) is 54.3. The fraction of sp³-hybridized carbons (Fsp3) is 0.333. The third-order valence-electron chi connectivity index (χ3n) is 11.5. The van der Waals surface area contributed by atoms with Gasteiger partial charge in [0.2, 0.25) is 5.88 Å². The van der Waals surface area contributed by atoms with Gasteiger partial charge in [0.05, 0.1) is 56.5 Å². The molecule has 16 nitrogen and oxygen atoms in total. The van der Waals surface area contributed by atoms with Gasteiger partial charge in [-0.1, -0.05) is 109 Å². The van der Waals surface area contributed by atoms with Crippen LogP contribution in [0, 0.1) is 5.41 Å². The number of halogens is 7. The van der Waals surface area contributed by atoms with Gasteiger partial charge in [-0.3, -0.25) is 23.8 Å². The standard InChI is InChI=1S/C19H18ClN3O4.C16H16Cl3F2N3O2.C16H22ClN3O/c1-25-19(24)23(26-2)17-6-4-3-5-14(17)13-27-18-11-12-22(21-18)16-9-7-15(20)8-10-16;1-8(4-10-12(18)5-9(17)6-13(10)19)24(26-3)16(25)11-7-23(2)22-14(11)15(20)21;1-15(2,3)16(21,10-20-12-18-11-19-20)9-8-13-4-6-14(17)7-5-13/h3-12H,13H2,1-2H3;5-8,15H,4H2,1-3H3;4-7,11-12,21H,8-10H2,1-3H3. The SMILES string of the molecule is CC(C)(C)C(O)(CCc1ccc(Cl)cc1)Cn1cncn1.COC(=O)N(OC)c1ccccc1COc1ccn(-c2ccc(Cl)cc2)n1.CON(C(=O)c1cn(C)nc1C(F)F)C(C)Cc1c(Cl)cc(Cl)cc1Cl. The molecule has 7 rings (SSSR count). The molecule has 396 valence electrons. The van der Waals surface area contributed by atoms with Crippen LogP contribution in [0.15, 0.2) is 116 Å². The summed E-state index contributed by atoms with van der Waals surface area (Å²) in [5.74, 6) is -0.286. The lowest BCUT2D eigenvalue weighted by molar-refractivity contribution is -0.119. The van der Waals surface area contributed by atoms with E-state index in [0.29, 0.717) is 50.2 Å². The van der Waals surface area contributed by atoms with E-state index >= 15 is 0 Å². The van der Waals surface area contributed by atoms with Crippen LogP contribution in [-0.4, -0.2) is 89.5 Å². The molecular formula is C51H56Cl5F2N9O7. The summed E-state index contributed by atoms with van der Waals surface area (Å²) in [6.45, 7) is 8.46. The van der Waals surface area contributed by atoms with Gasteiger partial charge in [-0.05, 0) is 97.3 Å². The Hall–Kier alpha value is -5.83. The van der Waals surface area contributed by atoms with Gasteiger partial charge in [0, 0.05) is 56.2 Å². The van der Waals surface area contributed by atoms with E-state index in [4.69, 9.17) is 77.2 Å². The maximum Gasteiger partial charge on any atom is 0.438 e. The fourth-order valence-corrected chi connectivity index (χ4v) is 8.52. The number of amides is 2. The van der Waals surface area contributed by atoms with E-state index in [0.717, 1.165) is 37.5 Å². The van der Waals surface area contributed by atoms with Crippen molar-refractivity contribution >= 4 is 75.7 Å². The molecule has 2 atom stereocenters. The highest BCUT2D eigenvalue weighted by molar-refractivity contribution is 6.39. The van der Waals surface area contributed by atoms with Gasteiger partial charge < -0.3 is 14.6 Å². The number of anilines is 1. The number of aliphatic hydroxyl groups is 1. The summed E-state index contributed by atoms with van der Waals surface area (Å²) in [5, 5.41) is 27.8. The second-order valence-electron chi connectivity index (χ2n) is 17.6. The Labute approximate surface area is 453 Å². The smallest absolute Gasteiger partial charge is 0.438 e. The Morgan fingerprint density at radius 3 is 2.04 bits per heavy atom. The highest BCUT2D eigenvalue weighted by atomic mass is 35.5. The third-order valence-corrected chi connectivity index (χ3v) is 12.9. The van der Waals surface area contributed by atoms with E-state index in [1.165, 1.54) is 58.6 Å². The largest absolute Gasteiger partial charge is 0.472 e. The quantitative estimate of drug-likeness (QED) is 0.0863. The second kappa shape index (κ2) is 27.1. The van der Waals surface area contributed by atoms with Crippen LogP contribution in [0.5, 0.6) is 5.88 Å². The first kappa shape index (κ1) is 59.1. The molecule has 0 fully saturated rings. The number of alkyl halides is 2. The van der Waals surface area contributed by atoms with Gasteiger partial charge in [-0.2, -0.15) is 15.3 Å². The maximum atomic E-state index is 13.1. The highest BCUT2D eigenvalue weighted by Gasteiger charge is 2.40. The Balaban J connectivity index is 0.000000207. The van der Waals surface area contributed by atoms with E-state index in [1.807, 2.05) is 69.3 Å². The molecule has 4 aromatic carbocycles. The maximum absolute atomic E-state index is 13.1. The zero-order valence-corrected chi connectivity index (χ0v) is 45.5. The lowest BCUT2D eigenvalue weighted by Gasteiger charge is -2.40. The van der Waals surface area contributed by atoms with Gasteiger partial charge in [-0.25, -0.2) is 28.3 Å². The van der Waals surface area contributed by atoms with Crippen LogP contribution in [0.4, 0.5) is 19.3 Å². The minimum Gasteiger partial charge on any atom is -0.472 e. The molecule has 0 radical (unpaired) electrons. The molecule has 0 saturated carbocycles. The number of ether oxygens (including phenoxy) is 2. The molecule has 74 heavy (non-hydrogen) atoms. The summed E-state index contributed by atoms with van der Waals surface area (Å²) < 4.78 is 41.3. The van der Waals surface area contributed by atoms with Crippen molar-refractivity contribution in [3.63, 3.8) is 0 Å². The Morgan fingerprint density at radius 1 is 0.838 bits per heavy atom. The van der Waals surface area contributed by atoms with Crippen molar-refractivity contribution in [2.24, 2.45) is 12.5 Å². The summed E-state index contributed by atoms with van der Waals surface area (Å²) in [7, 11) is 5.41. The fourth-order valence-electron chi connectivity index (χ4n) is 7.29. The van der Waals surface area contributed by atoms with Crippen molar-refractivity contribution in [3.05, 3.63) is 169 Å². The summed E-state index contributed by atoms with van der Waals surface area (Å²) in [6, 6.07) is 26.6. The Bertz CT molecular complexity index is 2880. The van der Waals surface area contributed by atoms with Crippen molar-refractivity contribution in [3.8, 4) is 11.6 Å². The normalized spacial score (nSPS) is 12.4. The molecule has 7 aromatic rings. The van der Waals surface area contributed by atoms with Gasteiger partial charge >= 0.3 is 6.09 Å². The van der Waals surface area contributed by atoms with Crippen LogP contribution in [0.1, 0.15) is 73.3 Å². The minimum atomic E-state index is -2.88. The number of methoxy groups -OCH3 is 1. The summed E-state index contributed by atoms with van der Waals surface area (Å²) in [4.78, 5) is 38.8. The number of hydroxylamine groups is 3. The number of benzene rings is 4. The molecule has 3 heterocycles. The van der Waals surface area contributed by atoms with Gasteiger partial charge in [0.25, 0.3) is 12.3 Å². The minimum absolute atomic E-state index is 0.199. The first-order chi connectivity index (χ1) is 35.1. The van der Waals surface area contributed by atoms with Gasteiger partial charge in [-0.15, -0.1) is 5.10 Å². The predicted octanol–water partition coefficient (Wildman–Crippen LogP) is 12.5. The Kier molecular flexibility index (Phi) is 21.6. The number of rotatable bonds is 17. The zero-order valence-electron chi connectivity index (χ0n) is 41.7. The van der Waals surface area contributed by atoms with Crippen molar-refractivity contribution in [2.75, 3.05) is 26.4 Å². The van der Waals surface area contributed by atoms with Crippen LogP contribution >= 0.6 is 58.0 Å². The van der Waals surface area contributed by atoms with Crippen molar-refractivity contribution in [1.29, 1.82) is 0 Å². The van der Waals surface area contributed by atoms with Crippen LogP contribution in [0.3, 0.4) is 0 Å². The molecule has 0 saturated heterocycles. The lowest BCUT2D eigenvalue weighted by Crippen LogP contribution is -2.47. The number of aromatic nitrogens is 7. The predicted molar refractivity (Wildman–Crippen MR) is 281 cm³/mol. The molecule has 2 unspecified atom stereocenters. The summed E-state index contributed by atoms with van der Waals surface area (Å²) >= 11 is 30.0. The summed E-state index contributed by atoms with van der Waals surface area (Å²) in [6.07, 6.45) is 4.31. The highest BCUT2D eigenvalue weighted by Crippen LogP contribution is 2.36. The van der Waals surface area contributed by atoms with Crippen molar-refractivity contribution < 1.29 is 42.6 Å². The van der Waals surface area contributed by atoms with E-state index in [9.17, 15) is 23.5 Å². The van der Waals surface area contributed by atoms with Crippen LogP contribution in [-0.2, 0) is 47.5 Å². The summed E-state index contributed by atoms with van der Waals surface area (Å²) in [5.41, 5.74) is 1.92. The molecular weight excluding hydrogens is 1070 g/mol. The molecule has 2 amide bonds. The lowest BCUT2D eigenvalue weighted by atomic mass is 9.73. The topological polar surface area (TPSA) is 164 Å². The van der Waals surface area contributed by atoms with Crippen LogP contribution < -0.4 is 9.80 Å². The number of para-hydroxylation sites is 1. The number of aryl methyl sites for hydroxylation is 2. The molecule has 0 spiro atoms. The van der Waals surface area contributed by atoms with E-state index < -0.39 is 35.8 Å². The number of hydrogen-bond acceptors (Lipinski definition) is 11. The van der Waals surface area contributed by atoms with Gasteiger partial charge in [0.15, 0.2) is 0 Å². The van der Waals surface area contributed by atoms with E-state index in [1.54, 1.807) is 59.1 Å².